The van der Waals surface area contributed by atoms with Crippen LogP contribution in [0.25, 0.3) is 22.2 Å². The van der Waals surface area contributed by atoms with Crippen molar-refractivity contribution >= 4 is 16.5 Å². The first-order chi connectivity index (χ1) is 11.8. The van der Waals surface area contributed by atoms with Gasteiger partial charge in [-0.1, -0.05) is 36.4 Å². The lowest BCUT2D eigenvalue weighted by molar-refractivity contribution is 0.515. The van der Waals surface area contributed by atoms with E-state index in [9.17, 15) is 4.39 Å². The number of nitrogens with zero attached hydrogens (tertiary/aromatic N) is 2. The van der Waals surface area contributed by atoms with Crippen molar-refractivity contribution in [3.05, 3.63) is 78.4 Å². The van der Waals surface area contributed by atoms with Gasteiger partial charge in [-0.05, 0) is 35.7 Å². The minimum atomic E-state index is -0.295. The van der Waals surface area contributed by atoms with Crippen LogP contribution in [0.5, 0.6) is 0 Å². The molecule has 0 radical (unpaired) electrons. The number of hydrogen-bond acceptors (Lipinski definition) is 4. The molecular weight excluding hydrogens is 305 g/mol. The summed E-state index contributed by atoms with van der Waals surface area (Å²) in [6.45, 7) is 0.419. The summed E-state index contributed by atoms with van der Waals surface area (Å²) in [5.41, 5.74) is 1.70. The third-order valence-electron chi connectivity index (χ3n) is 3.78. The van der Waals surface area contributed by atoms with Crippen LogP contribution in [0.3, 0.4) is 0 Å². The van der Waals surface area contributed by atoms with Crippen LogP contribution in [0.2, 0.25) is 0 Å². The number of anilines is 1. The molecule has 4 aromatic rings. The summed E-state index contributed by atoms with van der Waals surface area (Å²) in [4.78, 5) is 0. The molecule has 0 aliphatic rings. The van der Waals surface area contributed by atoms with E-state index in [4.69, 9.17) is 4.42 Å². The van der Waals surface area contributed by atoms with Gasteiger partial charge in [-0.2, -0.15) is 0 Å². The third kappa shape index (κ3) is 2.84. The number of halogens is 1. The van der Waals surface area contributed by atoms with Gasteiger partial charge in [-0.25, -0.2) is 4.39 Å². The average molecular weight is 319 g/mol. The van der Waals surface area contributed by atoms with Gasteiger partial charge in [0.2, 0.25) is 11.8 Å². The molecular formula is C19H14FN3O. The second-order valence-electron chi connectivity index (χ2n) is 5.39. The summed E-state index contributed by atoms with van der Waals surface area (Å²) < 4.78 is 18.6. The van der Waals surface area contributed by atoms with E-state index in [1.165, 1.54) is 17.5 Å². The molecule has 0 aliphatic heterocycles. The molecule has 1 aromatic heterocycles. The Morgan fingerprint density at radius 2 is 1.67 bits per heavy atom. The molecule has 24 heavy (non-hydrogen) atoms. The number of fused-ring (bicyclic) bond motifs is 1. The molecule has 0 unspecified atom stereocenters. The van der Waals surface area contributed by atoms with Crippen LogP contribution >= 0.6 is 0 Å². The van der Waals surface area contributed by atoms with Gasteiger partial charge in [0.25, 0.3) is 0 Å². The topological polar surface area (TPSA) is 51.0 Å². The van der Waals surface area contributed by atoms with E-state index in [1.54, 1.807) is 12.1 Å². The van der Waals surface area contributed by atoms with Gasteiger partial charge in [0.15, 0.2) is 0 Å². The summed E-state index contributed by atoms with van der Waals surface area (Å²) in [7, 11) is 0. The van der Waals surface area contributed by atoms with Crippen LogP contribution in [-0.4, -0.2) is 10.2 Å². The number of benzene rings is 3. The number of hydrogen-bond donors (Lipinski definition) is 1. The molecule has 4 nitrogen and oxygen atoms in total. The Bertz CT molecular complexity index is 974. The summed E-state index contributed by atoms with van der Waals surface area (Å²) in [5, 5.41) is 13.7. The Hall–Kier alpha value is -3.21. The first-order valence-corrected chi connectivity index (χ1v) is 7.59. The summed E-state index contributed by atoms with van der Waals surface area (Å²) in [6, 6.07) is 20.2. The van der Waals surface area contributed by atoms with E-state index in [1.807, 2.05) is 24.3 Å². The fraction of sp³-hybridized carbons (Fsp3) is 0.0526. The van der Waals surface area contributed by atoms with E-state index >= 15 is 0 Å². The lowest BCUT2D eigenvalue weighted by atomic mass is 10.1. The minimum absolute atomic E-state index is 0.295. The van der Waals surface area contributed by atoms with Gasteiger partial charge in [0.1, 0.15) is 5.82 Å². The van der Waals surface area contributed by atoms with Crippen LogP contribution in [0, 0.1) is 5.82 Å². The van der Waals surface area contributed by atoms with Gasteiger partial charge in [-0.15, -0.1) is 10.2 Å². The average Bonchev–Trinajstić information content (AvgIpc) is 3.09. The standard InChI is InChI=1S/C19H14FN3O/c20-15-10-8-14(9-11-15)19-23-22-18(24-19)12-21-17-7-3-5-13-4-1-2-6-16(13)17/h1-11,21H,12H2. The molecule has 3 aromatic carbocycles. The van der Waals surface area contributed by atoms with Gasteiger partial charge < -0.3 is 9.73 Å². The molecule has 118 valence electrons. The molecule has 1 heterocycles. The monoisotopic (exact) mass is 319 g/mol. The molecule has 0 amide bonds. The Kier molecular flexibility index (Phi) is 3.67. The van der Waals surface area contributed by atoms with Crippen molar-refractivity contribution in [2.24, 2.45) is 0 Å². The lowest BCUT2D eigenvalue weighted by Gasteiger charge is -2.07. The lowest BCUT2D eigenvalue weighted by Crippen LogP contribution is -2.00. The number of rotatable bonds is 4. The van der Waals surface area contributed by atoms with Crippen molar-refractivity contribution in [3.63, 3.8) is 0 Å². The van der Waals surface area contributed by atoms with Crippen molar-refractivity contribution in [1.29, 1.82) is 0 Å². The molecule has 1 N–H and O–H groups in total. The van der Waals surface area contributed by atoms with E-state index in [2.05, 4.69) is 33.7 Å². The van der Waals surface area contributed by atoms with Crippen LogP contribution in [0.15, 0.2) is 71.1 Å². The van der Waals surface area contributed by atoms with Crippen LogP contribution < -0.4 is 5.32 Å². The normalized spacial score (nSPS) is 10.9. The Morgan fingerprint density at radius 1 is 0.875 bits per heavy atom. The van der Waals surface area contributed by atoms with Gasteiger partial charge in [-0.3, -0.25) is 0 Å². The molecule has 4 rings (SSSR count). The molecule has 0 bridgehead atoms. The zero-order valence-corrected chi connectivity index (χ0v) is 12.7. The molecule has 5 heteroatoms. The molecule has 0 atom stereocenters. The second kappa shape index (κ2) is 6.12. The highest BCUT2D eigenvalue weighted by molar-refractivity contribution is 5.93. The number of nitrogens with one attached hydrogen (secondary N) is 1. The highest BCUT2D eigenvalue weighted by atomic mass is 19.1. The Balaban J connectivity index is 1.53. The SMILES string of the molecule is Fc1ccc(-c2nnc(CNc3cccc4ccccc34)o2)cc1. The van der Waals surface area contributed by atoms with Gasteiger partial charge in [0.05, 0.1) is 6.54 Å². The highest BCUT2D eigenvalue weighted by Crippen LogP contribution is 2.24. The third-order valence-corrected chi connectivity index (χ3v) is 3.78. The van der Waals surface area contributed by atoms with E-state index in [0.29, 0.717) is 23.9 Å². The summed E-state index contributed by atoms with van der Waals surface area (Å²) in [5.74, 6) is 0.558. The van der Waals surface area contributed by atoms with E-state index < -0.39 is 0 Å². The van der Waals surface area contributed by atoms with Crippen LogP contribution in [-0.2, 0) is 6.54 Å². The molecule has 0 saturated heterocycles. The molecule has 0 saturated carbocycles. The molecule has 0 aliphatic carbocycles. The fourth-order valence-electron chi connectivity index (χ4n) is 2.58. The van der Waals surface area contributed by atoms with Crippen molar-refractivity contribution in [2.45, 2.75) is 6.54 Å². The minimum Gasteiger partial charge on any atom is -0.419 e. The first kappa shape index (κ1) is 14.4. The maximum Gasteiger partial charge on any atom is 0.247 e. The predicted octanol–water partition coefficient (Wildman–Crippen LogP) is 4.64. The number of aromatic nitrogens is 2. The maximum atomic E-state index is 13.0. The zero-order valence-electron chi connectivity index (χ0n) is 12.7. The maximum absolute atomic E-state index is 13.0. The Morgan fingerprint density at radius 3 is 2.54 bits per heavy atom. The van der Waals surface area contributed by atoms with Crippen molar-refractivity contribution in [3.8, 4) is 11.5 Å². The van der Waals surface area contributed by atoms with E-state index in [0.717, 1.165) is 11.1 Å². The molecule has 0 fully saturated rings. The van der Waals surface area contributed by atoms with Crippen LogP contribution in [0.1, 0.15) is 5.89 Å². The quantitative estimate of drug-likeness (QED) is 0.595. The fourth-order valence-corrected chi connectivity index (χ4v) is 2.58. The predicted molar refractivity (Wildman–Crippen MR) is 91.0 cm³/mol. The van der Waals surface area contributed by atoms with E-state index in [-0.39, 0.29) is 5.82 Å². The molecule has 0 spiro atoms. The zero-order chi connectivity index (χ0) is 16.4. The highest BCUT2D eigenvalue weighted by Gasteiger charge is 2.09. The Labute approximate surface area is 138 Å². The first-order valence-electron chi connectivity index (χ1n) is 7.59. The van der Waals surface area contributed by atoms with Crippen molar-refractivity contribution < 1.29 is 8.81 Å². The smallest absolute Gasteiger partial charge is 0.247 e. The van der Waals surface area contributed by atoms with Crippen molar-refractivity contribution in [2.75, 3.05) is 5.32 Å². The summed E-state index contributed by atoms with van der Waals surface area (Å²) >= 11 is 0. The van der Waals surface area contributed by atoms with Gasteiger partial charge in [0, 0.05) is 16.6 Å². The van der Waals surface area contributed by atoms with Crippen molar-refractivity contribution in [1.82, 2.24) is 10.2 Å². The summed E-state index contributed by atoms with van der Waals surface area (Å²) in [6.07, 6.45) is 0. The second-order valence-corrected chi connectivity index (χ2v) is 5.39. The van der Waals surface area contributed by atoms with Crippen LogP contribution in [0.4, 0.5) is 10.1 Å². The van der Waals surface area contributed by atoms with Gasteiger partial charge >= 0.3 is 0 Å². The largest absolute Gasteiger partial charge is 0.419 e.